The van der Waals surface area contributed by atoms with Gasteiger partial charge in [-0.2, -0.15) is 5.26 Å². The third kappa shape index (κ3) is 4.48. The van der Waals surface area contributed by atoms with Crippen LogP contribution >= 0.6 is 31.9 Å². The van der Waals surface area contributed by atoms with Gasteiger partial charge in [-0.3, -0.25) is 0 Å². The van der Waals surface area contributed by atoms with Crippen LogP contribution < -0.4 is 10.5 Å². The Hall–Kier alpha value is -2.51. The number of aliphatic carboxylic acids is 1. The number of hydrogen-bond donors (Lipinski definition) is 2. The van der Waals surface area contributed by atoms with E-state index in [1.807, 2.05) is 6.07 Å². The molecule has 1 unspecified atom stereocenters. The van der Waals surface area contributed by atoms with Gasteiger partial charge in [-0.15, -0.1) is 0 Å². The minimum Gasteiger partial charge on any atom is -0.480 e. The van der Waals surface area contributed by atoms with Crippen molar-refractivity contribution in [3.63, 3.8) is 0 Å². The van der Waals surface area contributed by atoms with Crippen molar-refractivity contribution in [1.82, 2.24) is 0 Å². The smallest absolute Gasteiger partial charge is 0.341 e. The van der Waals surface area contributed by atoms with E-state index in [9.17, 15) is 14.9 Å². The van der Waals surface area contributed by atoms with Gasteiger partial charge in [0, 0.05) is 0 Å². The molecule has 1 aromatic rings. The molecule has 0 aliphatic carbocycles. The second-order valence-corrected chi connectivity index (χ2v) is 7.32. The molecule has 28 heavy (non-hydrogen) atoms. The molecule has 0 bridgehead atoms. The number of carboxylic acid groups (broad SMARTS) is 1. The Morgan fingerprint density at radius 2 is 1.96 bits per heavy atom. The maximum absolute atomic E-state index is 12.5. The van der Waals surface area contributed by atoms with Gasteiger partial charge < -0.3 is 25.1 Å². The molecule has 1 aliphatic heterocycles. The van der Waals surface area contributed by atoms with E-state index < -0.39 is 24.5 Å². The number of hydrogen-bond acceptors (Lipinski definition) is 7. The molecule has 0 radical (unpaired) electrons. The van der Waals surface area contributed by atoms with Gasteiger partial charge in [-0.05, 0) is 63.4 Å². The number of nitriles is 1. The van der Waals surface area contributed by atoms with E-state index in [2.05, 4.69) is 31.9 Å². The zero-order valence-electron chi connectivity index (χ0n) is 14.9. The Balaban J connectivity index is 2.60. The monoisotopic (exact) mass is 514 g/mol. The molecule has 0 spiro atoms. The van der Waals surface area contributed by atoms with Crippen molar-refractivity contribution in [2.24, 2.45) is 5.73 Å². The van der Waals surface area contributed by atoms with Crippen LogP contribution in [0.5, 0.6) is 5.75 Å². The van der Waals surface area contributed by atoms with Crippen LogP contribution in [0.1, 0.15) is 25.3 Å². The quantitative estimate of drug-likeness (QED) is 0.551. The standard InChI is InChI=1S/C18H16Br2N2O6/c1-3-26-18(25)14-8(2)28-17(22)10(6-21)15(14)9-4-11(19)16(12(20)5-9)27-7-13(23)24/h4-5,15H,3,7,22H2,1-2H3,(H,23,24). The van der Waals surface area contributed by atoms with E-state index in [-0.39, 0.29) is 35.1 Å². The highest BCUT2D eigenvalue weighted by Crippen LogP contribution is 2.44. The van der Waals surface area contributed by atoms with Gasteiger partial charge in [-0.1, -0.05) is 0 Å². The Kier molecular flexibility index (Phi) is 7.10. The van der Waals surface area contributed by atoms with Crippen LogP contribution in [0.25, 0.3) is 0 Å². The van der Waals surface area contributed by atoms with Crippen LogP contribution in [0.15, 0.2) is 43.9 Å². The lowest BCUT2D eigenvalue weighted by Crippen LogP contribution is -2.25. The summed E-state index contributed by atoms with van der Waals surface area (Å²) in [7, 11) is 0. The van der Waals surface area contributed by atoms with Crippen LogP contribution in [-0.2, 0) is 19.1 Å². The van der Waals surface area contributed by atoms with Gasteiger partial charge in [-0.25, -0.2) is 9.59 Å². The number of allylic oxidation sites excluding steroid dienone is 2. The molecule has 8 nitrogen and oxygen atoms in total. The summed E-state index contributed by atoms with van der Waals surface area (Å²) >= 11 is 6.67. The molecule has 0 fully saturated rings. The predicted octanol–water partition coefficient (Wildman–Crippen LogP) is 3.32. The summed E-state index contributed by atoms with van der Waals surface area (Å²) in [6, 6.07) is 5.23. The molecule has 1 aliphatic rings. The Bertz CT molecular complexity index is 909. The van der Waals surface area contributed by atoms with Crippen LogP contribution in [0.4, 0.5) is 0 Å². The number of halogens is 2. The van der Waals surface area contributed by atoms with Crippen molar-refractivity contribution in [3.05, 3.63) is 49.4 Å². The SMILES string of the molecule is CCOC(=O)C1=C(C)OC(N)=C(C#N)C1c1cc(Br)c(OCC(=O)O)c(Br)c1. The van der Waals surface area contributed by atoms with Crippen molar-refractivity contribution in [2.45, 2.75) is 19.8 Å². The third-order valence-corrected chi connectivity index (χ3v) is 4.97. The molecule has 148 valence electrons. The fourth-order valence-corrected chi connectivity index (χ4v) is 4.16. The van der Waals surface area contributed by atoms with Crippen molar-refractivity contribution in [3.8, 4) is 11.8 Å². The molecule has 3 N–H and O–H groups in total. The summed E-state index contributed by atoms with van der Waals surface area (Å²) in [5.74, 6) is -2.16. The fourth-order valence-electron chi connectivity index (χ4n) is 2.71. The predicted molar refractivity (Wildman–Crippen MR) is 105 cm³/mol. The summed E-state index contributed by atoms with van der Waals surface area (Å²) in [5, 5.41) is 18.4. The van der Waals surface area contributed by atoms with E-state index >= 15 is 0 Å². The molecule has 0 saturated carbocycles. The van der Waals surface area contributed by atoms with Crippen molar-refractivity contribution >= 4 is 43.8 Å². The zero-order valence-corrected chi connectivity index (χ0v) is 18.1. The average molecular weight is 516 g/mol. The van der Waals surface area contributed by atoms with Gasteiger partial charge in [0.05, 0.1) is 27.0 Å². The minimum absolute atomic E-state index is 0.0617. The summed E-state index contributed by atoms with van der Waals surface area (Å²) in [6.07, 6.45) is 0. The third-order valence-electron chi connectivity index (χ3n) is 3.79. The number of ether oxygens (including phenoxy) is 3. The first kappa shape index (κ1) is 21.8. The Labute approximate surface area is 177 Å². The molecular weight excluding hydrogens is 500 g/mol. The maximum Gasteiger partial charge on any atom is 0.341 e. The summed E-state index contributed by atoms with van der Waals surface area (Å²) < 4.78 is 16.6. The highest BCUT2D eigenvalue weighted by atomic mass is 79.9. The fraction of sp³-hybridized carbons (Fsp3) is 0.278. The number of nitrogens with zero attached hydrogens (tertiary/aromatic N) is 1. The molecule has 0 aromatic heterocycles. The van der Waals surface area contributed by atoms with Crippen molar-refractivity contribution in [1.29, 1.82) is 5.26 Å². The van der Waals surface area contributed by atoms with Crippen LogP contribution in [0.2, 0.25) is 0 Å². The zero-order chi connectivity index (χ0) is 21.0. The summed E-state index contributed by atoms with van der Waals surface area (Å²) in [6.45, 7) is 2.86. The molecule has 2 rings (SSSR count). The molecule has 1 aromatic carbocycles. The van der Waals surface area contributed by atoms with E-state index in [0.717, 1.165) is 0 Å². The lowest BCUT2D eigenvalue weighted by Gasteiger charge is -2.27. The highest BCUT2D eigenvalue weighted by Gasteiger charge is 2.37. The first-order valence-electron chi connectivity index (χ1n) is 8.00. The first-order chi connectivity index (χ1) is 13.2. The van der Waals surface area contributed by atoms with Crippen LogP contribution in [0, 0.1) is 11.3 Å². The van der Waals surface area contributed by atoms with Crippen molar-refractivity contribution < 1.29 is 28.9 Å². The Morgan fingerprint density at radius 3 is 2.46 bits per heavy atom. The van der Waals surface area contributed by atoms with Crippen LogP contribution in [0.3, 0.4) is 0 Å². The number of rotatable bonds is 6. The normalized spacial score (nSPS) is 16.3. The van der Waals surface area contributed by atoms with Gasteiger partial charge in [0.25, 0.3) is 0 Å². The summed E-state index contributed by atoms with van der Waals surface area (Å²) in [5.41, 5.74) is 6.62. The number of nitrogens with two attached hydrogens (primary N) is 1. The molecule has 1 heterocycles. The second kappa shape index (κ2) is 9.12. The van der Waals surface area contributed by atoms with E-state index in [1.165, 1.54) is 0 Å². The average Bonchev–Trinajstić information content (AvgIpc) is 2.60. The van der Waals surface area contributed by atoms with Gasteiger partial charge in [0.1, 0.15) is 23.2 Å². The molecule has 10 heteroatoms. The van der Waals surface area contributed by atoms with Gasteiger partial charge >= 0.3 is 11.9 Å². The molecular formula is C18H16Br2N2O6. The van der Waals surface area contributed by atoms with Crippen molar-refractivity contribution in [2.75, 3.05) is 13.2 Å². The number of carboxylic acids is 1. The molecule has 1 atom stereocenters. The number of carbonyl (C=O) groups is 2. The number of benzene rings is 1. The largest absolute Gasteiger partial charge is 0.480 e. The minimum atomic E-state index is -1.13. The van der Waals surface area contributed by atoms with E-state index in [4.69, 9.17) is 25.1 Å². The highest BCUT2D eigenvalue weighted by molar-refractivity contribution is 9.11. The van der Waals surface area contributed by atoms with Crippen LogP contribution in [-0.4, -0.2) is 30.3 Å². The molecule has 0 saturated heterocycles. The van der Waals surface area contributed by atoms with E-state index in [1.54, 1.807) is 26.0 Å². The van der Waals surface area contributed by atoms with E-state index in [0.29, 0.717) is 14.5 Å². The first-order valence-corrected chi connectivity index (χ1v) is 9.58. The summed E-state index contributed by atoms with van der Waals surface area (Å²) in [4.78, 5) is 23.3. The number of carbonyl (C=O) groups excluding carboxylic acids is 1. The Morgan fingerprint density at radius 1 is 1.36 bits per heavy atom. The van der Waals surface area contributed by atoms with Gasteiger partial charge in [0.2, 0.25) is 5.88 Å². The lowest BCUT2D eigenvalue weighted by atomic mass is 9.83. The number of esters is 1. The second-order valence-electron chi connectivity index (χ2n) is 5.61. The van der Waals surface area contributed by atoms with Gasteiger partial charge in [0.15, 0.2) is 6.61 Å². The maximum atomic E-state index is 12.5. The topological polar surface area (TPSA) is 132 Å². The lowest BCUT2D eigenvalue weighted by molar-refractivity contribution is -0.140. The molecule has 0 amide bonds.